The zero-order chi connectivity index (χ0) is 20.9. The Morgan fingerprint density at radius 2 is 2.04 bits per heavy atom. The van der Waals surface area contributed by atoms with Crippen LogP contribution in [0.2, 0.25) is 4.34 Å². The molecule has 28 heavy (non-hydrogen) atoms. The van der Waals surface area contributed by atoms with Crippen molar-refractivity contribution in [2.24, 2.45) is 5.41 Å². The highest BCUT2D eigenvalue weighted by atomic mass is 35.5. The summed E-state index contributed by atoms with van der Waals surface area (Å²) in [4.78, 5) is 14.9. The van der Waals surface area contributed by atoms with Gasteiger partial charge in [0, 0.05) is 37.5 Å². The summed E-state index contributed by atoms with van der Waals surface area (Å²) in [7, 11) is -1.37. The number of sulfonamides is 1. The number of halogens is 1. The maximum Gasteiger partial charge on any atom is 0.254 e. The number of nitrogens with zero attached hydrogens (tertiary/aromatic N) is 4. The van der Waals surface area contributed by atoms with Gasteiger partial charge >= 0.3 is 0 Å². The van der Waals surface area contributed by atoms with Crippen LogP contribution < -0.4 is 4.90 Å². The van der Waals surface area contributed by atoms with Crippen molar-refractivity contribution in [3.05, 3.63) is 28.2 Å². The van der Waals surface area contributed by atoms with Gasteiger partial charge in [0.25, 0.3) is 5.91 Å². The van der Waals surface area contributed by atoms with Gasteiger partial charge in [-0.25, -0.2) is 12.7 Å². The lowest BCUT2D eigenvalue weighted by Crippen LogP contribution is -2.30. The molecule has 0 bridgehead atoms. The summed E-state index contributed by atoms with van der Waals surface area (Å²) in [6.07, 6.45) is 1.90. The van der Waals surface area contributed by atoms with E-state index >= 15 is 0 Å². The topological polar surface area (TPSA) is 75.5 Å². The number of hydrogen-bond donors (Lipinski definition) is 0. The first-order valence-corrected chi connectivity index (χ1v) is 12.0. The Hall–Kier alpha value is -1.42. The van der Waals surface area contributed by atoms with E-state index < -0.39 is 15.4 Å². The highest BCUT2D eigenvalue weighted by Crippen LogP contribution is 2.36. The Morgan fingerprint density at radius 3 is 2.54 bits per heavy atom. The van der Waals surface area contributed by atoms with Crippen LogP contribution in [0.3, 0.4) is 0 Å². The summed E-state index contributed by atoms with van der Waals surface area (Å²) in [6, 6.07) is 5.59. The molecule has 0 aliphatic carbocycles. The third-order valence-corrected chi connectivity index (χ3v) is 7.39. The highest BCUT2D eigenvalue weighted by Gasteiger charge is 2.34. The van der Waals surface area contributed by atoms with Gasteiger partial charge in [-0.15, -0.1) is 11.3 Å². The second-order valence-corrected chi connectivity index (χ2v) is 11.8. The first-order valence-electron chi connectivity index (χ1n) is 8.97. The monoisotopic (exact) mass is 444 g/mol. The van der Waals surface area contributed by atoms with Crippen molar-refractivity contribution in [1.82, 2.24) is 14.1 Å². The van der Waals surface area contributed by atoms with E-state index in [1.165, 1.54) is 26.6 Å². The van der Waals surface area contributed by atoms with Gasteiger partial charge in [0.2, 0.25) is 10.0 Å². The lowest BCUT2D eigenvalue weighted by molar-refractivity contribution is 0.0750. The number of thiophene rings is 1. The maximum absolute atomic E-state index is 13.0. The van der Waals surface area contributed by atoms with Gasteiger partial charge in [0.1, 0.15) is 5.82 Å². The Balaban J connectivity index is 2.00. The summed E-state index contributed by atoms with van der Waals surface area (Å²) >= 11 is 7.49. The van der Waals surface area contributed by atoms with Crippen molar-refractivity contribution in [3.63, 3.8) is 0 Å². The van der Waals surface area contributed by atoms with E-state index in [0.717, 1.165) is 10.7 Å². The van der Waals surface area contributed by atoms with E-state index in [-0.39, 0.29) is 11.8 Å². The largest absolute Gasteiger partial charge is 0.321 e. The lowest BCUT2D eigenvalue weighted by atomic mass is 9.96. The van der Waals surface area contributed by atoms with E-state index in [0.29, 0.717) is 29.7 Å². The minimum Gasteiger partial charge on any atom is -0.321 e. The third kappa shape index (κ3) is 4.27. The van der Waals surface area contributed by atoms with Crippen LogP contribution in [0.25, 0.3) is 0 Å². The first-order chi connectivity index (χ1) is 12.9. The molecule has 0 N–H and O–H groups in total. The summed E-state index contributed by atoms with van der Waals surface area (Å²) in [5, 5.41) is 5.50. The van der Waals surface area contributed by atoms with Crippen molar-refractivity contribution >= 4 is 49.7 Å². The summed E-state index contributed by atoms with van der Waals surface area (Å²) < 4.78 is 27.3. The minimum absolute atomic E-state index is 0.0391. The average molecular weight is 445 g/mol. The van der Waals surface area contributed by atoms with Crippen molar-refractivity contribution in [1.29, 1.82) is 0 Å². The molecular weight excluding hydrogens is 420 g/mol. The van der Waals surface area contributed by atoms with Crippen molar-refractivity contribution in [2.45, 2.75) is 33.1 Å². The van der Waals surface area contributed by atoms with Gasteiger partial charge in [-0.2, -0.15) is 9.78 Å². The number of hydrogen-bond acceptors (Lipinski definition) is 6. The zero-order valence-corrected chi connectivity index (χ0v) is 19.0. The third-order valence-electron chi connectivity index (χ3n) is 4.81. The van der Waals surface area contributed by atoms with Crippen LogP contribution in [-0.4, -0.2) is 54.8 Å². The molecule has 0 spiro atoms. The summed E-state index contributed by atoms with van der Waals surface area (Å²) in [5.74, 6) is 0.482. The van der Waals surface area contributed by atoms with Gasteiger partial charge in [0.15, 0.2) is 0 Å². The second kappa shape index (κ2) is 7.44. The molecule has 3 rings (SSSR count). The standard InChI is InChI=1S/C18H25ClN4O3S2/c1-18(2,3)17(24)23-15(21(4)16-7-6-14(19)27-16)10-13(20-23)12-8-9-22(11-12)28(5,25)26/h6-7,10,12H,8-9,11H2,1-5H3. The van der Waals surface area contributed by atoms with Crippen LogP contribution in [0.4, 0.5) is 10.8 Å². The molecule has 1 unspecified atom stereocenters. The molecule has 154 valence electrons. The molecule has 1 atom stereocenters. The lowest BCUT2D eigenvalue weighted by Gasteiger charge is -2.22. The van der Waals surface area contributed by atoms with Crippen LogP contribution in [0, 0.1) is 5.41 Å². The van der Waals surface area contributed by atoms with Gasteiger partial charge in [-0.3, -0.25) is 4.79 Å². The summed E-state index contributed by atoms with van der Waals surface area (Å²) in [6.45, 7) is 6.40. The van der Waals surface area contributed by atoms with Crippen molar-refractivity contribution in [3.8, 4) is 0 Å². The zero-order valence-electron chi connectivity index (χ0n) is 16.6. The van der Waals surface area contributed by atoms with Gasteiger partial charge in [-0.1, -0.05) is 32.4 Å². The van der Waals surface area contributed by atoms with E-state index in [2.05, 4.69) is 5.10 Å². The van der Waals surface area contributed by atoms with Gasteiger partial charge < -0.3 is 4.90 Å². The molecule has 0 radical (unpaired) electrons. The molecule has 1 aliphatic rings. The predicted octanol–water partition coefficient (Wildman–Crippen LogP) is 3.80. The number of carbonyl (C=O) groups excluding carboxylic acids is 1. The molecule has 0 saturated carbocycles. The molecule has 7 nitrogen and oxygen atoms in total. The van der Waals surface area contributed by atoms with Crippen LogP contribution >= 0.6 is 22.9 Å². The quantitative estimate of drug-likeness (QED) is 0.716. The number of carbonyl (C=O) groups is 1. The minimum atomic E-state index is -3.23. The predicted molar refractivity (Wildman–Crippen MR) is 113 cm³/mol. The molecular formula is C18H25ClN4O3S2. The van der Waals surface area contributed by atoms with Crippen molar-refractivity contribution < 1.29 is 13.2 Å². The number of aromatic nitrogens is 2. The molecule has 2 aromatic rings. The SMILES string of the molecule is CN(c1ccc(Cl)s1)c1cc(C2CCN(S(C)(=O)=O)C2)nn1C(=O)C(C)(C)C. The second-order valence-electron chi connectivity index (χ2n) is 8.14. The number of anilines is 2. The molecule has 0 amide bonds. The fourth-order valence-corrected chi connectivity index (χ4v) is 5.05. The Morgan fingerprint density at radius 1 is 1.36 bits per heavy atom. The van der Waals surface area contributed by atoms with Crippen LogP contribution in [0.5, 0.6) is 0 Å². The van der Waals surface area contributed by atoms with Crippen LogP contribution in [0.1, 0.15) is 43.6 Å². The highest BCUT2D eigenvalue weighted by molar-refractivity contribution is 7.88. The fraction of sp³-hybridized carbons (Fsp3) is 0.556. The normalized spacial score (nSPS) is 18.6. The first kappa shape index (κ1) is 21.3. The van der Waals surface area contributed by atoms with Crippen molar-refractivity contribution in [2.75, 3.05) is 31.3 Å². The van der Waals surface area contributed by atoms with E-state index in [1.807, 2.05) is 50.9 Å². The molecule has 1 aliphatic heterocycles. The Labute approximate surface area is 174 Å². The average Bonchev–Trinajstić information content (AvgIpc) is 3.30. The molecule has 1 fully saturated rings. The van der Waals surface area contributed by atoms with E-state index in [1.54, 1.807) is 0 Å². The molecule has 10 heteroatoms. The molecule has 3 heterocycles. The molecule has 1 saturated heterocycles. The number of rotatable bonds is 4. The van der Waals surface area contributed by atoms with E-state index in [4.69, 9.17) is 11.6 Å². The Bertz CT molecular complexity index is 991. The van der Waals surface area contributed by atoms with Gasteiger partial charge in [-0.05, 0) is 18.6 Å². The maximum atomic E-state index is 13.0. The van der Waals surface area contributed by atoms with Crippen LogP contribution in [0.15, 0.2) is 18.2 Å². The van der Waals surface area contributed by atoms with E-state index in [9.17, 15) is 13.2 Å². The smallest absolute Gasteiger partial charge is 0.254 e. The Kier molecular flexibility index (Phi) is 5.66. The fourth-order valence-electron chi connectivity index (χ4n) is 3.16. The van der Waals surface area contributed by atoms with Crippen LogP contribution in [-0.2, 0) is 10.0 Å². The van der Waals surface area contributed by atoms with Gasteiger partial charge in [0.05, 0.1) is 21.3 Å². The molecule has 2 aromatic heterocycles. The summed E-state index contributed by atoms with van der Waals surface area (Å²) in [5.41, 5.74) is 0.119. The molecule has 0 aromatic carbocycles.